The van der Waals surface area contributed by atoms with Gasteiger partial charge < -0.3 is 0 Å². The molecular weight excluding hydrogens is 220 g/mol. The first kappa shape index (κ1) is 10.3. The maximum atomic E-state index is 4.32. The molecule has 0 radical (unpaired) electrons. The summed E-state index contributed by atoms with van der Waals surface area (Å²) in [6.45, 7) is 4.58. The molecule has 2 unspecified atom stereocenters. The minimum absolute atomic E-state index is 0.0553. The summed E-state index contributed by atoms with van der Waals surface area (Å²) in [4.78, 5) is 4.32. The molecule has 2 nitrogen and oxygen atoms in total. The van der Waals surface area contributed by atoms with Crippen LogP contribution >= 0.6 is 0 Å². The molecular formula is C16H16N2. The Kier molecular flexibility index (Phi) is 1.72. The summed E-state index contributed by atoms with van der Waals surface area (Å²) in [5.41, 5.74) is 5.55. The number of rotatable bonds is 0. The van der Waals surface area contributed by atoms with Gasteiger partial charge >= 0.3 is 0 Å². The van der Waals surface area contributed by atoms with E-state index >= 15 is 0 Å². The van der Waals surface area contributed by atoms with Gasteiger partial charge in [-0.05, 0) is 48.6 Å². The molecule has 1 N–H and O–H groups in total. The zero-order chi connectivity index (χ0) is 12.4. The van der Waals surface area contributed by atoms with Crippen molar-refractivity contribution in [2.45, 2.75) is 31.3 Å². The van der Waals surface area contributed by atoms with Crippen molar-refractivity contribution in [2.24, 2.45) is 0 Å². The molecule has 18 heavy (non-hydrogen) atoms. The summed E-state index contributed by atoms with van der Waals surface area (Å²) in [6.07, 6.45) is 4.96. The molecule has 2 aliphatic rings. The minimum atomic E-state index is -0.0901. The highest BCUT2D eigenvalue weighted by Gasteiger charge is 2.51. The van der Waals surface area contributed by atoms with E-state index in [9.17, 15) is 0 Å². The van der Waals surface area contributed by atoms with Crippen molar-refractivity contribution in [3.05, 3.63) is 65.0 Å². The lowest BCUT2D eigenvalue weighted by atomic mass is 9.81. The van der Waals surface area contributed by atoms with E-state index in [0.717, 1.165) is 6.42 Å². The van der Waals surface area contributed by atoms with Crippen LogP contribution in [0.2, 0.25) is 0 Å². The van der Waals surface area contributed by atoms with Gasteiger partial charge in [0.15, 0.2) is 0 Å². The van der Waals surface area contributed by atoms with Gasteiger partial charge in [-0.2, -0.15) is 0 Å². The number of nitrogens with zero attached hydrogens (tertiary/aromatic N) is 1. The highest BCUT2D eigenvalue weighted by molar-refractivity contribution is 5.55. The molecule has 0 saturated carbocycles. The molecule has 0 spiro atoms. The minimum Gasteiger partial charge on any atom is -0.294 e. The standard InChI is InChI=1S/C16H16N2/c1-15-9-11-7-8-17-10-14(11)16(2,18-15)13-6-4-3-5-12(13)15/h3-8,10,18H,9H2,1-2H3. The van der Waals surface area contributed by atoms with Crippen LogP contribution in [-0.2, 0) is 17.5 Å². The topological polar surface area (TPSA) is 24.9 Å². The van der Waals surface area contributed by atoms with Gasteiger partial charge in [-0.15, -0.1) is 0 Å². The van der Waals surface area contributed by atoms with Gasteiger partial charge in [-0.25, -0.2) is 0 Å². The highest BCUT2D eigenvalue weighted by atomic mass is 15.1. The molecule has 0 fully saturated rings. The Balaban J connectivity index is 2.09. The maximum absolute atomic E-state index is 4.32. The normalized spacial score (nSPS) is 31.9. The number of aromatic nitrogens is 1. The Bertz CT molecular complexity index is 649. The van der Waals surface area contributed by atoms with Crippen LogP contribution in [0.4, 0.5) is 0 Å². The fraction of sp³-hybridized carbons (Fsp3) is 0.312. The molecule has 2 atom stereocenters. The summed E-state index contributed by atoms with van der Waals surface area (Å²) in [5, 5.41) is 3.82. The summed E-state index contributed by atoms with van der Waals surface area (Å²) in [5.74, 6) is 0. The van der Waals surface area contributed by atoms with Crippen LogP contribution in [0, 0.1) is 0 Å². The number of pyridine rings is 1. The van der Waals surface area contributed by atoms with E-state index in [-0.39, 0.29) is 11.1 Å². The van der Waals surface area contributed by atoms with Crippen LogP contribution in [0.5, 0.6) is 0 Å². The SMILES string of the molecule is CC12Cc3ccncc3C(C)(N1)c1ccccc12. The smallest absolute Gasteiger partial charge is 0.0689 e. The quantitative estimate of drug-likeness (QED) is 0.760. The van der Waals surface area contributed by atoms with E-state index in [1.165, 1.54) is 22.3 Å². The first-order chi connectivity index (χ1) is 8.63. The van der Waals surface area contributed by atoms with Crippen molar-refractivity contribution < 1.29 is 0 Å². The van der Waals surface area contributed by atoms with Gasteiger partial charge in [0.25, 0.3) is 0 Å². The summed E-state index contributed by atoms with van der Waals surface area (Å²) < 4.78 is 0. The Labute approximate surface area is 107 Å². The summed E-state index contributed by atoms with van der Waals surface area (Å²) in [7, 11) is 0. The number of nitrogens with one attached hydrogen (secondary N) is 1. The lowest BCUT2D eigenvalue weighted by molar-refractivity contribution is 0.286. The summed E-state index contributed by atoms with van der Waals surface area (Å²) in [6, 6.07) is 10.9. The van der Waals surface area contributed by atoms with Crippen molar-refractivity contribution in [2.75, 3.05) is 0 Å². The number of benzene rings is 1. The largest absolute Gasteiger partial charge is 0.294 e. The second kappa shape index (κ2) is 3.01. The average molecular weight is 236 g/mol. The monoisotopic (exact) mass is 236 g/mol. The zero-order valence-electron chi connectivity index (χ0n) is 10.7. The van der Waals surface area contributed by atoms with E-state index in [1.54, 1.807) is 0 Å². The van der Waals surface area contributed by atoms with Gasteiger partial charge in [0.2, 0.25) is 0 Å². The van der Waals surface area contributed by atoms with Crippen molar-refractivity contribution in [3.63, 3.8) is 0 Å². The zero-order valence-corrected chi connectivity index (χ0v) is 10.7. The molecule has 0 amide bonds. The number of fused-ring (bicyclic) bond motifs is 7. The van der Waals surface area contributed by atoms with Crippen LogP contribution in [0.15, 0.2) is 42.7 Å². The second-order valence-electron chi connectivity index (χ2n) is 5.84. The van der Waals surface area contributed by atoms with Crippen LogP contribution < -0.4 is 5.32 Å². The van der Waals surface area contributed by atoms with E-state index in [2.05, 4.69) is 54.5 Å². The van der Waals surface area contributed by atoms with Crippen LogP contribution in [0.3, 0.4) is 0 Å². The van der Waals surface area contributed by atoms with Gasteiger partial charge in [0.1, 0.15) is 0 Å². The lowest BCUT2D eigenvalue weighted by Gasteiger charge is -2.39. The van der Waals surface area contributed by atoms with Crippen LogP contribution in [0.1, 0.15) is 36.1 Å². The van der Waals surface area contributed by atoms with Crippen molar-refractivity contribution in [1.29, 1.82) is 0 Å². The molecule has 0 saturated heterocycles. The highest BCUT2D eigenvalue weighted by Crippen LogP contribution is 2.50. The fourth-order valence-electron chi connectivity index (χ4n) is 3.85. The molecule has 2 aliphatic heterocycles. The first-order valence-electron chi connectivity index (χ1n) is 6.46. The Morgan fingerprint density at radius 1 is 1.06 bits per heavy atom. The Morgan fingerprint density at radius 3 is 2.67 bits per heavy atom. The third-order valence-electron chi connectivity index (χ3n) is 4.58. The Hall–Kier alpha value is -1.67. The van der Waals surface area contributed by atoms with Crippen molar-refractivity contribution in [1.82, 2.24) is 10.3 Å². The van der Waals surface area contributed by atoms with E-state index in [4.69, 9.17) is 0 Å². The molecule has 1 aromatic heterocycles. The van der Waals surface area contributed by atoms with E-state index in [1.807, 2.05) is 12.4 Å². The molecule has 90 valence electrons. The molecule has 1 aromatic carbocycles. The average Bonchev–Trinajstić information content (AvgIpc) is 2.56. The van der Waals surface area contributed by atoms with Gasteiger partial charge in [-0.3, -0.25) is 10.3 Å². The maximum Gasteiger partial charge on any atom is 0.0689 e. The molecule has 4 rings (SSSR count). The number of hydrogen-bond donors (Lipinski definition) is 1. The van der Waals surface area contributed by atoms with E-state index < -0.39 is 0 Å². The second-order valence-corrected chi connectivity index (χ2v) is 5.84. The van der Waals surface area contributed by atoms with Crippen LogP contribution in [-0.4, -0.2) is 4.98 Å². The van der Waals surface area contributed by atoms with Crippen LogP contribution in [0.25, 0.3) is 0 Å². The predicted molar refractivity (Wildman–Crippen MR) is 71.3 cm³/mol. The molecule has 2 aromatic rings. The lowest BCUT2D eigenvalue weighted by Crippen LogP contribution is -2.50. The summed E-state index contributed by atoms with van der Waals surface area (Å²) >= 11 is 0. The third-order valence-corrected chi connectivity index (χ3v) is 4.58. The molecule has 2 bridgehead atoms. The van der Waals surface area contributed by atoms with Crippen molar-refractivity contribution >= 4 is 0 Å². The molecule has 0 aliphatic carbocycles. The van der Waals surface area contributed by atoms with E-state index in [0.29, 0.717) is 0 Å². The Morgan fingerprint density at radius 2 is 1.83 bits per heavy atom. The first-order valence-corrected chi connectivity index (χ1v) is 6.46. The van der Waals surface area contributed by atoms with Crippen molar-refractivity contribution in [3.8, 4) is 0 Å². The van der Waals surface area contributed by atoms with Gasteiger partial charge in [0, 0.05) is 17.9 Å². The molecule has 2 heteroatoms. The molecule has 3 heterocycles. The fourth-order valence-corrected chi connectivity index (χ4v) is 3.85. The number of hydrogen-bond acceptors (Lipinski definition) is 2. The predicted octanol–water partition coefficient (Wildman–Crippen LogP) is 2.72. The van der Waals surface area contributed by atoms with Gasteiger partial charge in [0.05, 0.1) is 5.54 Å². The van der Waals surface area contributed by atoms with Gasteiger partial charge in [-0.1, -0.05) is 24.3 Å². The third kappa shape index (κ3) is 1.05.